The average molecular weight is 299 g/mol. The van der Waals surface area contributed by atoms with Crippen molar-refractivity contribution < 1.29 is 9.53 Å². The number of H-pyrrole nitrogens is 1. The van der Waals surface area contributed by atoms with Gasteiger partial charge in [-0.1, -0.05) is 5.21 Å². The second-order valence-corrected chi connectivity index (χ2v) is 4.79. The SMILES string of the molecule is CC(COC(=O)c1ccc2c(=O)[nH]cnc2c1)n1ccnn1. The lowest BCUT2D eigenvalue weighted by molar-refractivity contribution is 0.0448. The third-order valence-corrected chi connectivity index (χ3v) is 3.23. The Kier molecular flexibility index (Phi) is 3.65. The van der Waals surface area contributed by atoms with E-state index in [-0.39, 0.29) is 18.2 Å². The van der Waals surface area contributed by atoms with E-state index in [0.29, 0.717) is 16.5 Å². The third-order valence-electron chi connectivity index (χ3n) is 3.23. The molecule has 22 heavy (non-hydrogen) atoms. The highest BCUT2D eigenvalue weighted by atomic mass is 16.5. The number of aromatic nitrogens is 5. The molecule has 1 N–H and O–H groups in total. The molecule has 0 aliphatic heterocycles. The van der Waals surface area contributed by atoms with Crippen LogP contribution in [0.4, 0.5) is 0 Å². The number of aromatic amines is 1. The summed E-state index contributed by atoms with van der Waals surface area (Å²) in [4.78, 5) is 30.2. The highest BCUT2D eigenvalue weighted by Gasteiger charge is 2.12. The van der Waals surface area contributed by atoms with Gasteiger partial charge in [-0.05, 0) is 25.1 Å². The lowest BCUT2D eigenvalue weighted by Gasteiger charge is -2.11. The number of fused-ring (bicyclic) bond motifs is 1. The predicted molar refractivity (Wildman–Crippen MR) is 77.4 cm³/mol. The Labute approximate surface area is 124 Å². The van der Waals surface area contributed by atoms with E-state index in [1.807, 2.05) is 6.92 Å². The Morgan fingerprint density at radius 1 is 1.45 bits per heavy atom. The molecule has 0 radical (unpaired) electrons. The Hall–Kier alpha value is -3.03. The van der Waals surface area contributed by atoms with Crippen LogP contribution in [0.25, 0.3) is 10.9 Å². The number of rotatable bonds is 4. The van der Waals surface area contributed by atoms with Gasteiger partial charge in [0.2, 0.25) is 0 Å². The second kappa shape index (κ2) is 5.76. The van der Waals surface area contributed by atoms with E-state index < -0.39 is 5.97 Å². The smallest absolute Gasteiger partial charge is 0.338 e. The highest BCUT2D eigenvalue weighted by molar-refractivity contribution is 5.93. The standard InChI is InChI=1S/C14H13N5O3/c1-9(19-5-4-17-18-19)7-22-14(21)10-2-3-11-12(6-10)15-8-16-13(11)20/h2-6,8-9H,7H2,1H3,(H,15,16,20). The van der Waals surface area contributed by atoms with Crippen LogP contribution in [0.2, 0.25) is 0 Å². The normalized spacial score (nSPS) is 12.2. The van der Waals surface area contributed by atoms with Crippen molar-refractivity contribution in [1.29, 1.82) is 0 Å². The van der Waals surface area contributed by atoms with Gasteiger partial charge in [-0.2, -0.15) is 0 Å². The van der Waals surface area contributed by atoms with Gasteiger partial charge in [-0.3, -0.25) is 4.79 Å². The van der Waals surface area contributed by atoms with E-state index in [0.717, 1.165) is 0 Å². The van der Waals surface area contributed by atoms with Crippen LogP contribution in [0.1, 0.15) is 23.3 Å². The van der Waals surface area contributed by atoms with Crippen LogP contribution in [0.15, 0.2) is 41.7 Å². The van der Waals surface area contributed by atoms with Crippen molar-refractivity contribution in [2.45, 2.75) is 13.0 Å². The molecule has 1 aromatic carbocycles. The number of esters is 1. The van der Waals surface area contributed by atoms with Crippen LogP contribution in [-0.4, -0.2) is 37.5 Å². The maximum atomic E-state index is 12.1. The number of nitrogens with one attached hydrogen (secondary N) is 1. The molecule has 0 saturated heterocycles. The molecule has 0 amide bonds. The topological polar surface area (TPSA) is 103 Å². The molecule has 0 bridgehead atoms. The molecule has 1 atom stereocenters. The zero-order chi connectivity index (χ0) is 15.5. The molecule has 2 aromatic heterocycles. The number of benzene rings is 1. The molecular weight excluding hydrogens is 286 g/mol. The molecule has 0 spiro atoms. The maximum absolute atomic E-state index is 12.1. The highest BCUT2D eigenvalue weighted by Crippen LogP contribution is 2.12. The van der Waals surface area contributed by atoms with Gasteiger partial charge in [0.25, 0.3) is 5.56 Å². The number of hydrogen-bond donors (Lipinski definition) is 1. The van der Waals surface area contributed by atoms with Crippen LogP contribution in [0, 0.1) is 0 Å². The fraction of sp³-hybridized carbons (Fsp3) is 0.214. The van der Waals surface area contributed by atoms with Gasteiger partial charge in [-0.25, -0.2) is 14.5 Å². The van der Waals surface area contributed by atoms with Gasteiger partial charge in [0.05, 0.1) is 35.0 Å². The molecule has 3 aromatic rings. The number of ether oxygens (including phenoxy) is 1. The Balaban J connectivity index is 1.74. The third kappa shape index (κ3) is 2.71. The largest absolute Gasteiger partial charge is 0.460 e. The van der Waals surface area contributed by atoms with E-state index in [2.05, 4.69) is 20.3 Å². The summed E-state index contributed by atoms with van der Waals surface area (Å²) in [5.74, 6) is -0.476. The van der Waals surface area contributed by atoms with Crippen LogP contribution in [-0.2, 0) is 4.74 Å². The van der Waals surface area contributed by atoms with Crippen molar-refractivity contribution in [1.82, 2.24) is 25.0 Å². The summed E-state index contributed by atoms with van der Waals surface area (Å²) >= 11 is 0. The summed E-state index contributed by atoms with van der Waals surface area (Å²) in [6, 6.07) is 4.51. The molecule has 112 valence electrons. The van der Waals surface area contributed by atoms with Crippen LogP contribution < -0.4 is 5.56 Å². The molecule has 0 aliphatic rings. The van der Waals surface area contributed by atoms with Gasteiger partial charge in [0.1, 0.15) is 6.61 Å². The van der Waals surface area contributed by atoms with E-state index >= 15 is 0 Å². The summed E-state index contributed by atoms with van der Waals surface area (Å²) in [6.45, 7) is 2.03. The minimum Gasteiger partial charge on any atom is -0.460 e. The zero-order valence-electron chi connectivity index (χ0n) is 11.8. The Bertz CT molecular complexity index is 856. The average Bonchev–Trinajstić information content (AvgIpc) is 3.06. The molecule has 1 unspecified atom stereocenters. The summed E-state index contributed by atoms with van der Waals surface area (Å²) in [5, 5.41) is 7.97. The minimum atomic E-state index is -0.476. The van der Waals surface area contributed by atoms with Gasteiger partial charge < -0.3 is 9.72 Å². The maximum Gasteiger partial charge on any atom is 0.338 e. The van der Waals surface area contributed by atoms with Crippen molar-refractivity contribution in [2.75, 3.05) is 6.61 Å². The number of nitrogens with zero attached hydrogens (tertiary/aromatic N) is 4. The van der Waals surface area contributed by atoms with E-state index in [9.17, 15) is 9.59 Å². The fourth-order valence-electron chi connectivity index (χ4n) is 2.00. The first-order valence-corrected chi connectivity index (χ1v) is 6.65. The van der Waals surface area contributed by atoms with Crippen molar-refractivity contribution in [3.63, 3.8) is 0 Å². The molecule has 3 rings (SSSR count). The summed E-state index contributed by atoms with van der Waals surface area (Å²) in [7, 11) is 0. The van der Waals surface area contributed by atoms with Crippen LogP contribution in [0.5, 0.6) is 0 Å². The quantitative estimate of drug-likeness (QED) is 0.719. The van der Waals surface area contributed by atoms with Crippen molar-refractivity contribution in [3.05, 3.63) is 52.8 Å². The van der Waals surface area contributed by atoms with E-state index in [1.165, 1.54) is 12.4 Å². The minimum absolute atomic E-state index is 0.118. The molecule has 2 heterocycles. The van der Waals surface area contributed by atoms with Crippen LogP contribution in [0.3, 0.4) is 0 Å². The first-order chi connectivity index (χ1) is 10.6. The van der Waals surface area contributed by atoms with E-state index in [4.69, 9.17) is 4.74 Å². The molecular formula is C14H13N5O3. The lowest BCUT2D eigenvalue weighted by Crippen LogP contribution is -2.16. The van der Waals surface area contributed by atoms with E-state index in [1.54, 1.807) is 29.2 Å². The molecule has 0 aliphatic carbocycles. The first-order valence-electron chi connectivity index (χ1n) is 6.65. The Morgan fingerprint density at radius 2 is 2.32 bits per heavy atom. The van der Waals surface area contributed by atoms with Gasteiger partial charge in [-0.15, -0.1) is 5.10 Å². The zero-order valence-corrected chi connectivity index (χ0v) is 11.8. The van der Waals surface area contributed by atoms with Gasteiger partial charge in [0, 0.05) is 6.20 Å². The Morgan fingerprint density at radius 3 is 3.09 bits per heavy atom. The van der Waals surface area contributed by atoms with Crippen molar-refractivity contribution in [2.24, 2.45) is 0 Å². The van der Waals surface area contributed by atoms with Gasteiger partial charge in [0.15, 0.2) is 0 Å². The summed E-state index contributed by atoms with van der Waals surface area (Å²) in [6.07, 6.45) is 4.56. The molecule has 8 heteroatoms. The number of carbonyl (C=O) groups is 1. The monoisotopic (exact) mass is 299 g/mol. The van der Waals surface area contributed by atoms with Crippen molar-refractivity contribution >= 4 is 16.9 Å². The molecule has 8 nitrogen and oxygen atoms in total. The number of hydrogen-bond acceptors (Lipinski definition) is 6. The summed E-state index contributed by atoms with van der Waals surface area (Å²) in [5.41, 5.74) is 0.545. The lowest BCUT2D eigenvalue weighted by atomic mass is 10.1. The molecule has 0 fully saturated rings. The molecule has 0 saturated carbocycles. The second-order valence-electron chi connectivity index (χ2n) is 4.79. The van der Waals surface area contributed by atoms with Gasteiger partial charge >= 0.3 is 5.97 Å². The van der Waals surface area contributed by atoms with Crippen LogP contribution >= 0.6 is 0 Å². The first kappa shape index (κ1) is 13.9. The number of carbonyl (C=O) groups excluding carboxylic acids is 1. The predicted octanol–water partition coefficient (Wildman–Crippen LogP) is 0.933. The van der Waals surface area contributed by atoms with Crippen molar-refractivity contribution in [3.8, 4) is 0 Å². The summed E-state index contributed by atoms with van der Waals surface area (Å²) < 4.78 is 6.86. The fourth-order valence-corrected chi connectivity index (χ4v) is 2.00.